The Morgan fingerprint density at radius 2 is 2.06 bits per heavy atom. The zero-order valence-corrected chi connectivity index (χ0v) is 9.66. The van der Waals surface area contributed by atoms with Gasteiger partial charge in [-0.2, -0.15) is 4.37 Å². The molecule has 0 atom stereocenters. The third-order valence-corrected chi connectivity index (χ3v) is 3.29. The summed E-state index contributed by atoms with van der Waals surface area (Å²) in [5.41, 5.74) is 1.97. The molecule has 0 unspecified atom stereocenters. The molecule has 0 bridgehead atoms. The lowest BCUT2D eigenvalue weighted by Gasteiger charge is -2.01. The maximum atomic E-state index is 5.73. The van der Waals surface area contributed by atoms with Gasteiger partial charge in [-0.3, -0.25) is 4.98 Å². The molecule has 2 heterocycles. The van der Waals surface area contributed by atoms with Crippen LogP contribution in [0.15, 0.2) is 36.5 Å². The van der Waals surface area contributed by atoms with E-state index in [1.165, 1.54) is 11.5 Å². The predicted octanol–water partition coefficient (Wildman–Crippen LogP) is 3.41. The van der Waals surface area contributed by atoms with Crippen LogP contribution in [0.2, 0.25) is 5.28 Å². The van der Waals surface area contributed by atoms with Crippen LogP contribution in [0.3, 0.4) is 0 Å². The number of halogens is 1. The average molecular weight is 248 g/mol. The third kappa shape index (κ3) is 1.56. The first kappa shape index (κ1) is 9.69. The molecule has 0 saturated carbocycles. The Labute approximate surface area is 101 Å². The summed E-state index contributed by atoms with van der Waals surface area (Å²) >= 11 is 7.03. The van der Waals surface area contributed by atoms with Crippen molar-refractivity contribution in [3.8, 4) is 10.6 Å². The quantitative estimate of drug-likeness (QED) is 0.662. The first-order valence-corrected chi connectivity index (χ1v) is 5.83. The minimum absolute atomic E-state index is 0.292. The van der Waals surface area contributed by atoms with Crippen LogP contribution >= 0.6 is 23.1 Å². The predicted molar refractivity (Wildman–Crippen MR) is 65.7 cm³/mol. The van der Waals surface area contributed by atoms with Gasteiger partial charge in [0.1, 0.15) is 5.01 Å². The van der Waals surface area contributed by atoms with Crippen molar-refractivity contribution in [2.75, 3.05) is 0 Å². The van der Waals surface area contributed by atoms with Crippen LogP contribution in [-0.4, -0.2) is 14.3 Å². The third-order valence-electron chi connectivity index (χ3n) is 2.28. The van der Waals surface area contributed by atoms with E-state index in [9.17, 15) is 0 Å². The summed E-state index contributed by atoms with van der Waals surface area (Å²) in [5, 5.41) is 2.18. The Kier molecular flexibility index (Phi) is 2.31. The smallest absolute Gasteiger partial charge is 0.234 e. The van der Waals surface area contributed by atoms with Gasteiger partial charge in [0.2, 0.25) is 5.28 Å². The average Bonchev–Trinajstić information content (AvgIpc) is 2.75. The summed E-state index contributed by atoms with van der Waals surface area (Å²) in [5.74, 6) is 0. The van der Waals surface area contributed by atoms with Crippen molar-refractivity contribution in [3.63, 3.8) is 0 Å². The van der Waals surface area contributed by atoms with E-state index in [4.69, 9.17) is 11.6 Å². The SMILES string of the molecule is Clc1nsc(-c2cccc3ncccc23)n1. The lowest BCUT2D eigenvalue weighted by Crippen LogP contribution is -1.82. The Morgan fingerprint density at radius 1 is 1.12 bits per heavy atom. The number of hydrogen-bond acceptors (Lipinski definition) is 4. The van der Waals surface area contributed by atoms with E-state index in [0.717, 1.165) is 21.5 Å². The molecule has 0 aliphatic heterocycles. The Balaban J connectivity index is 2.31. The standard InChI is InChI=1S/C11H6ClN3S/c12-11-14-10(16-15-11)8-3-1-5-9-7(8)4-2-6-13-9/h1-6H. The second kappa shape index (κ2) is 3.81. The number of pyridine rings is 1. The number of aromatic nitrogens is 3. The molecule has 1 aromatic carbocycles. The minimum Gasteiger partial charge on any atom is -0.256 e. The summed E-state index contributed by atoms with van der Waals surface area (Å²) in [6, 6.07) is 9.86. The number of hydrogen-bond donors (Lipinski definition) is 0. The molecule has 78 valence electrons. The molecule has 3 rings (SSSR count). The summed E-state index contributed by atoms with van der Waals surface area (Å²) < 4.78 is 3.98. The van der Waals surface area contributed by atoms with Gasteiger partial charge < -0.3 is 0 Å². The van der Waals surface area contributed by atoms with Crippen LogP contribution < -0.4 is 0 Å². The molecule has 0 spiro atoms. The van der Waals surface area contributed by atoms with Crippen LogP contribution in [0.5, 0.6) is 0 Å². The normalized spacial score (nSPS) is 10.8. The number of benzene rings is 1. The van der Waals surface area contributed by atoms with Crippen molar-refractivity contribution in [2.24, 2.45) is 0 Å². The highest BCUT2D eigenvalue weighted by Crippen LogP contribution is 2.29. The topological polar surface area (TPSA) is 38.7 Å². The molecule has 0 aliphatic rings. The van der Waals surface area contributed by atoms with Gasteiger partial charge in [-0.05, 0) is 35.3 Å². The molecule has 3 nitrogen and oxygen atoms in total. The largest absolute Gasteiger partial charge is 0.256 e. The minimum atomic E-state index is 0.292. The van der Waals surface area contributed by atoms with E-state index < -0.39 is 0 Å². The molecule has 2 aromatic heterocycles. The number of fused-ring (bicyclic) bond motifs is 1. The van der Waals surface area contributed by atoms with Gasteiger partial charge in [-0.25, -0.2) is 4.98 Å². The van der Waals surface area contributed by atoms with Crippen LogP contribution in [0.4, 0.5) is 0 Å². The van der Waals surface area contributed by atoms with E-state index >= 15 is 0 Å². The summed E-state index contributed by atoms with van der Waals surface area (Å²) in [6.45, 7) is 0. The van der Waals surface area contributed by atoms with Gasteiger partial charge in [-0.15, -0.1) is 0 Å². The molecule has 0 saturated heterocycles. The van der Waals surface area contributed by atoms with E-state index in [1.807, 2.05) is 30.3 Å². The molecule has 5 heteroatoms. The van der Waals surface area contributed by atoms with Gasteiger partial charge in [0.05, 0.1) is 5.52 Å². The maximum absolute atomic E-state index is 5.73. The molecule has 0 aliphatic carbocycles. The Bertz CT molecular complexity index is 645. The van der Waals surface area contributed by atoms with Crippen LogP contribution in [-0.2, 0) is 0 Å². The van der Waals surface area contributed by atoms with Crippen molar-refractivity contribution < 1.29 is 0 Å². The summed E-state index contributed by atoms with van der Waals surface area (Å²) in [7, 11) is 0. The summed E-state index contributed by atoms with van der Waals surface area (Å²) in [4.78, 5) is 8.47. The second-order valence-electron chi connectivity index (χ2n) is 3.24. The maximum Gasteiger partial charge on any atom is 0.234 e. The molecule has 0 radical (unpaired) electrons. The fourth-order valence-electron chi connectivity index (χ4n) is 1.60. The first-order chi connectivity index (χ1) is 7.84. The van der Waals surface area contributed by atoms with Gasteiger partial charge in [-0.1, -0.05) is 18.2 Å². The lowest BCUT2D eigenvalue weighted by molar-refractivity contribution is 1.33. The molecule has 0 fully saturated rings. The van der Waals surface area contributed by atoms with Crippen molar-refractivity contribution in [1.29, 1.82) is 0 Å². The van der Waals surface area contributed by atoms with E-state index in [-0.39, 0.29) is 0 Å². The zero-order valence-electron chi connectivity index (χ0n) is 8.09. The second-order valence-corrected chi connectivity index (χ2v) is 4.33. The van der Waals surface area contributed by atoms with Crippen molar-refractivity contribution in [3.05, 3.63) is 41.8 Å². The Hall–Kier alpha value is -1.52. The van der Waals surface area contributed by atoms with Gasteiger partial charge >= 0.3 is 0 Å². The van der Waals surface area contributed by atoms with Crippen LogP contribution in [0, 0.1) is 0 Å². The van der Waals surface area contributed by atoms with Crippen molar-refractivity contribution in [1.82, 2.24) is 14.3 Å². The zero-order chi connectivity index (χ0) is 11.0. The van der Waals surface area contributed by atoms with E-state index in [1.54, 1.807) is 6.20 Å². The van der Waals surface area contributed by atoms with E-state index in [2.05, 4.69) is 14.3 Å². The van der Waals surface area contributed by atoms with E-state index in [0.29, 0.717) is 5.28 Å². The van der Waals surface area contributed by atoms with Crippen LogP contribution in [0.1, 0.15) is 0 Å². The monoisotopic (exact) mass is 247 g/mol. The highest BCUT2D eigenvalue weighted by atomic mass is 35.5. The first-order valence-electron chi connectivity index (χ1n) is 4.68. The number of nitrogens with zero attached hydrogens (tertiary/aromatic N) is 3. The molecule has 0 amide bonds. The summed E-state index contributed by atoms with van der Waals surface area (Å²) in [6.07, 6.45) is 1.78. The molecule has 0 N–H and O–H groups in total. The highest BCUT2D eigenvalue weighted by Gasteiger charge is 2.08. The molecular weight excluding hydrogens is 242 g/mol. The van der Waals surface area contributed by atoms with Gasteiger partial charge in [0.25, 0.3) is 0 Å². The van der Waals surface area contributed by atoms with Crippen LogP contribution in [0.25, 0.3) is 21.5 Å². The Morgan fingerprint density at radius 3 is 2.88 bits per heavy atom. The molecule has 16 heavy (non-hydrogen) atoms. The number of rotatable bonds is 1. The fraction of sp³-hybridized carbons (Fsp3) is 0. The van der Waals surface area contributed by atoms with Gasteiger partial charge in [0.15, 0.2) is 0 Å². The highest BCUT2D eigenvalue weighted by molar-refractivity contribution is 7.09. The fourth-order valence-corrected chi connectivity index (χ4v) is 2.45. The van der Waals surface area contributed by atoms with Crippen molar-refractivity contribution in [2.45, 2.75) is 0 Å². The lowest BCUT2D eigenvalue weighted by atomic mass is 10.1. The molecular formula is C11H6ClN3S. The molecule has 3 aromatic rings. The van der Waals surface area contributed by atoms with Crippen molar-refractivity contribution >= 4 is 34.0 Å². The van der Waals surface area contributed by atoms with Gasteiger partial charge in [0, 0.05) is 17.1 Å².